The van der Waals surface area contributed by atoms with Crippen molar-refractivity contribution in [3.05, 3.63) is 11.9 Å². The van der Waals surface area contributed by atoms with Crippen LogP contribution in [0.1, 0.15) is 19.8 Å². The maximum atomic E-state index is 13.2. The van der Waals surface area contributed by atoms with Gasteiger partial charge >= 0.3 is 12.1 Å². The Kier molecular flexibility index (Phi) is 4.28. The van der Waals surface area contributed by atoms with Crippen molar-refractivity contribution < 1.29 is 23.8 Å². The predicted octanol–water partition coefficient (Wildman–Crippen LogP) is 1.55. The van der Waals surface area contributed by atoms with Crippen LogP contribution in [-0.4, -0.2) is 41.3 Å². The number of hydrogen-bond acceptors (Lipinski definition) is 3. The SMILES string of the molecule is CCOC(=O)C(F)=CC1CCCN1C(=O)O. The Morgan fingerprint density at radius 3 is 2.88 bits per heavy atom. The van der Waals surface area contributed by atoms with Crippen molar-refractivity contribution in [2.24, 2.45) is 0 Å². The van der Waals surface area contributed by atoms with Gasteiger partial charge in [0.1, 0.15) is 0 Å². The summed E-state index contributed by atoms with van der Waals surface area (Å²) in [4.78, 5) is 22.8. The highest BCUT2D eigenvalue weighted by Gasteiger charge is 2.28. The summed E-state index contributed by atoms with van der Waals surface area (Å²) >= 11 is 0. The Balaban J connectivity index is 2.67. The van der Waals surface area contributed by atoms with Crippen LogP contribution in [0.2, 0.25) is 0 Å². The smallest absolute Gasteiger partial charge is 0.407 e. The molecule has 0 aliphatic carbocycles. The highest BCUT2D eigenvalue weighted by Crippen LogP contribution is 2.20. The molecular formula is C10H14FNO4. The second kappa shape index (κ2) is 5.48. The molecule has 0 aromatic rings. The topological polar surface area (TPSA) is 66.8 Å². The molecule has 1 amide bonds. The van der Waals surface area contributed by atoms with Gasteiger partial charge in [0.2, 0.25) is 5.83 Å². The number of carboxylic acid groups (broad SMARTS) is 1. The van der Waals surface area contributed by atoms with Crippen LogP contribution in [-0.2, 0) is 9.53 Å². The predicted molar refractivity (Wildman–Crippen MR) is 53.6 cm³/mol. The standard InChI is InChI=1S/C10H14FNO4/c1-2-16-9(13)8(11)6-7-4-3-5-12(7)10(14)15/h6-7H,2-5H2,1H3,(H,14,15). The molecule has 1 N–H and O–H groups in total. The fourth-order valence-corrected chi connectivity index (χ4v) is 1.64. The van der Waals surface area contributed by atoms with Gasteiger partial charge in [-0.25, -0.2) is 9.59 Å². The van der Waals surface area contributed by atoms with E-state index in [2.05, 4.69) is 4.74 Å². The quantitative estimate of drug-likeness (QED) is 0.591. The first kappa shape index (κ1) is 12.5. The lowest BCUT2D eigenvalue weighted by Gasteiger charge is -2.17. The van der Waals surface area contributed by atoms with E-state index in [0.29, 0.717) is 19.4 Å². The largest absolute Gasteiger partial charge is 0.465 e. The second-order valence-electron chi connectivity index (χ2n) is 3.42. The molecule has 16 heavy (non-hydrogen) atoms. The summed E-state index contributed by atoms with van der Waals surface area (Å²) in [6.45, 7) is 2.03. The third kappa shape index (κ3) is 2.95. The fraction of sp³-hybridized carbons (Fsp3) is 0.600. The van der Waals surface area contributed by atoms with Crippen LogP contribution in [0, 0.1) is 0 Å². The molecule has 1 unspecified atom stereocenters. The second-order valence-corrected chi connectivity index (χ2v) is 3.42. The maximum absolute atomic E-state index is 13.2. The van der Waals surface area contributed by atoms with Crippen LogP contribution in [0.3, 0.4) is 0 Å². The zero-order chi connectivity index (χ0) is 12.1. The Labute approximate surface area is 92.5 Å². The van der Waals surface area contributed by atoms with Gasteiger partial charge in [0.25, 0.3) is 0 Å². The molecule has 90 valence electrons. The van der Waals surface area contributed by atoms with E-state index in [1.54, 1.807) is 6.92 Å². The number of halogens is 1. The first-order valence-corrected chi connectivity index (χ1v) is 5.10. The average molecular weight is 231 g/mol. The molecule has 1 heterocycles. The number of ether oxygens (including phenoxy) is 1. The Morgan fingerprint density at radius 1 is 1.62 bits per heavy atom. The zero-order valence-corrected chi connectivity index (χ0v) is 8.98. The number of amides is 1. The molecule has 1 aliphatic heterocycles. The van der Waals surface area contributed by atoms with Gasteiger partial charge in [0.15, 0.2) is 0 Å². The summed E-state index contributed by atoms with van der Waals surface area (Å²) in [7, 11) is 0. The third-order valence-corrected chi connectivity index (χ3v) is 2.35. The van der Waals surface area contributed by atoms with Gasteiger partial charge in [-0.05, 0) is 25.8 Å². The van der Waals surface area contributed by atoms with Gasteiger partial charge in [-0.15, -0.1) is 0 Å². The Hall–Kier alpha value is -1.59. The lowest BCUT2D eigenvalue weighted by molar-refractivity contribution is -0.140. The van der Waals surface area contributed by atoms with Gasteiger partial charge in [-0.1, -0.05) is 0 Å². The van der Waals surface area contributed by atoms with Crippen LogP contribution in [0.5, 0.6) is 0 Å². The van der Waals surface area contributed by atoms with Crippen molar-refractivity contribution in [2.45, 2.75) is 25.8 Å². The van der Waals surface area contributed by atoms with E-state index in [9.17, 15) is 14.0 Å². The summed E-state index contributed by atoms with van der Waals surface area (Å²) in [6.07, 6.45) is 1.11. The normalized spacial score (nSPS) is 21.0. The molecule has 1 saturated heterocycles. The zero-order valence-electron chi connectivity index (χ0n) is 8.98. The molecule has 5 nitrogen and oxygen atoms in total. The first-order valence-electron chi connectivity index (χ1n) is 5.10. The van der Waals surface area contributed by atoms with Gasteiger partial charge in [0, 0.05) is 6.54 Å². The monoisotopic (exact) mass is 231 g/mol. The first-order chi connectivity index (χ1) is 7.56. The molecule has 0 spiro atoms. The van der Waals surface area contributed by atoms with Crippen molar-refractivity contribution in [1.29, 1.82) is 0 Å². The van der Waals surface area contributed by atoms with Crippen molar-refractivity contribution in [1.82, 2.24) is 4.90 Å². The number of carbonyl (C=O) groups is 2. The van der Waals surface area contributed by atoms with Gasteiger partial charge in [-0.3, -0.25) is 0 Å². The molecule has 0 saturated carbocycles. The summed E-state index contributed by atoms with van der Waals surface area (Å²) < 4.78 is 17.7. The van der Waals surface area contributed by atoms with E-state index >= 15 is 0 Å². The molecule has 1 fully saturated rings. The molecule has 1 rings (SSSR count). The van der Waals surface area contributed by atoms with E-state index in [1.165, 1.54) is 0 Å². The van der Waals surface area contributed by atoms with E-state index < -0.39 is 23.9 Å². The highest BCUT2D eigenvalue weighted by molar-refractivity contribution is 5.86. The van der Waals surface area contributed by atoms with Gasteiger partial charge < -0.3 is 14.7 Å². The van der Waals surface area contributed by atoms with Crippen LogP contribution in [0.15, 0.2) is 11.9 Å². The van der Waals surface area contributed by atoms with Crippen LogP contribution >= 0.6 is 0 Å². The number of nitrogens with zero attached hydrogens (tertiary/aromatic N) is 1. The van der Waals surface area contributed by atoms with E-state index in [-0.39, 0.29) is 6.61 Å². The number of carbonyl (C=O) groups excluding carboxylic acids is 1. The van der Waals surface area contributed by atoms with E-state index in [0.717, 1.165) is 11.0 Å². The van der Waals surface area contributed by atoms with Crippen molar-refractivity contribution in [3.8, 4) is 0 Å². The number of hydrogen-bond donors (Lipinski definition) is 1. The minimum absolute atomic E-state index is 0.0907. The molecule has 0 aromatic carbocycles. The van der Waals surface area contributed by atoms with Crippen LogP contribution < -0.4 is 0 Å². The minimum atomic E-state index is -1.10. The molecule has 0 radical (unpaired) electrons. The Morgan fingerprint density at radius 2 is 2.31 bits per heavy atom. The molecular weight excluding hydrogens is 217 g/mol. The lowest BCUT2D eigenvalue weighted by atomic mass is 10.2. The molecule has 1 aliphatic rings. The van der Waals surface area contributed by atoms with E-state index in [4.69, 9.17) is 5.11 Å². The van der Waals surface area contributed by atoms with Gasteiger partial charge in [-0.2, -0.15) is 4.39 Å². The van der Waals surface area contributed by atoms with Crippen LogP contribution in [0.4, 0.5) is 9.18 Å². The number of likely N-dealkylation sites (tertiary alicyclic amines) is 1. The summed E-state index contributed by atoms with van der Waals surface area (Å²) in [5.41, 5.74) is 0. The summed E-state index contributed by atoms with van der Waals surface area (Å²) in [6, 6.07) is -0.568. The average Bonchev–Trinajstić information content (AvgIpc) is 2.66. The maximum Gasteiger partial charge on any atom is 0.407 e. The molecule has 0 bridgehead atoms. The van der Waals surface area contributed by atoms with E-state index in [1.807, 2.05) is 0 Å². The minimum Gasteiger partial charge on any atom is -0.465 e. The number of rotatable bonds is 3. The fourth-order valence-electron chi connectivity index (χ4n) is 1.64. The Bertz CT molecular complexity index is 316. The third-order valence-electron chi connectivity index (χ3n) is 2.35. The van der Waals surface area contributed by atoms with Crippen molar-refractivity contribution >= 4 is 12.1 Å². The van der Waals surface area contributed by atoms with Crippen molar-refractivity contribution in [3.63, 3.8) is 0 Å². The molecule has 1 atom stereocenters. The van der Waals surface area contributed by atoms with Crippen LogP contribution in [0.25, 0.3) is 0 Å². The summed E-state index contributed by atoms with van der Waals surface area (Å²) in [5.74, 6) is -2.07. The molecule has 6 heteroatoms. The van der Waals surface area contributed by atoms with Gasteiger partial charge in [0.05, 0.1) is 12.6 Å². The molecule has 0 aromatic heterocycles. The number of esters is 1. The van der Waals surface area contributed by atoms with Crippen molar-refractivity contribution in [2.75, 3.05) is 13.2 Å². The highest BCUT2D eigenvalue weighted by atomic mass is 19.1. The lowest BCUT2D eigenvalue weighted by Crippen LogP contribution is -2.33. The summed E-state index contributed by atoms with van der Waals surface area (Å²) in [5, 5.41) is 8.80.